The Labute approximate surface area is 106 Å². The number of hydrogen-bond acceptors (Lipinski definition) is 4. The predicted octanol–water partition coefficient (Wildman–Crippen LogP) is 1.69. The van der Waals surface area contributed by atoms with Crippen LogP contribution in [0.25, 0.3) is 0 Å². The van der Waals surface area contributed by atoms with E-state index in [-0.39, 0.29) is 6.61 Å². The van der Waals surface area contributed by atoms with Crippen LogP contribution in [0.4, 0.5) is 0 Å². The molecule has 0 atom stereocenters. The van der Waals surface area contributed by atoms with Crippen LogP contribution in [0.15, 0.2) is 0 Å². The summed E-state index contributed by atoms with van der Waals surface area (Å²) < 4.78 is 0. The second-order valence-electron chi connectivity index (χ2n) is 6.31. The van der Waals surface area contributed by atoms with E-state index in [4.69, 9.17) is 20.4 Å². The lowest BCUT2D eigenvalue weighted by molar-refractivity contribution is 0.0183. The minimum absolute atomic E-state index is 0.174. The summed E-state index contributed by atoms with van der Waals surface area (Å²) in [5, 5.41) is 34.1. The minimum Gasteiger partial charge on any atom is -0.393 e. The fourth-order valence-electron chi connectivity index (χ4n) is 0. The van der Waals surface area contributed by atoms with E-state index in [9.17, 15) is 0 Å². The molecular formula is C13H32O4. The quantitative estimate of drug-likeness (QED) is 0.603. The summed E-state index contributed by atoms with van der Waals surface area (Å²) in [5.74, 6) is 0. The molecule has 0 fully saturated rings. The van der Waals surface area contributed by atoms with Gasteiger partial charge in [-0.2, -0.15) is 0 Å². The third-order valence-electron chi connectivity index (χ3n) is 1.25. The molecule has 0 radical (unpaired) electrons. The summed E-state index contributed by atoms with van der Waals surface area (Å²) in [6, 6.07) is 0. The van der Waals surface area contributed by atoms with Crippen molar-refractivity contribution in [3.63, 3.8) is 0 Å². The Balaban J connectivity index is -0.000000174. The normalized spacial score (nSPS) is 12.0. The Hall–Kier alpha value is -0.160. The summed E-state index contributed by atoms with van der Waals surface area (Å²) in [5.41, 5.74) is -1.86. The van der Waals surface area contributed by atoms with Crippen molar-refractivity contribution in [3.8, 4) is 0 Å². The summed E-state index contributed by atoms with van der Waals surface area (Å²) in [6.07, 6.45) is 0.826. The molecule has 0 rings (SSSR count). The summed E-state index contributed by atoms with van der Waals surface area (Å²) in [6.45, 7) is 13.7. The highest BCUT2D eigenvalue weighted by Crippen LogP contribution is 2.03. The van der Waals surface area contributed by atoms with Gasteiger partial charge in [-0.05, 0) is 54.9 Å². The Morgan fingerprint density at radius 3 is 0.824 bits per heavy atom. The Morgan fingerprint density at radius 1 is 0.706 bits per heavy atom. The zero-order chi connectivity index (χ0) is 14.9. The molecule has 0 aliphatic rings. The maximum absolute atomic E-state index is 8.83. The molecule has 0 bridgehead atoms. The van der Waals surface area contributed by atoms with Gasteiger partial charge in [-0.15, -0.1) is 0 Å². The van der Waals surface area contributed by atoms with Gasteiger partial charge in [-0.25, -0.2) is 0 Å². The SMILES string of the molecule is CC(C)(C)O.CC(C)(O)CO.CCC(C)(C)O. The van der Waals surface area contributed by atoms with Crippen LogP contribution in [0.5, 0.6) is 0 Å². The van der Waals surface area contributed by atoms with Crippen molar-refractivity contribution in [2.75, 3.05) is 6.61 Å². The maximum atomic E-state index is 8.83. The third-order valence-corrected chi connectivity index (χ3v) is 1.25. The van der Waals surface area contributed by atoms with Crippen molar-refractivity contribution < 1.29 is 20.4 Å². The fraction of sp³-hybridized carbons (Fsp3) is 1.00. The number of aliphatic hydroxyl groups excluding tert-OH is 1. The zero-order valence-electron chi connectivity index (χ0n) is 12.7. The van der Waals surface area contributed by atoms with E-state index >= 15 is 0 Å². The summed E-state index contributed by atoms with van der Waals surface area (Å²) in [4.78, 5) is 0. The van der Waals surface area contributed by atoms with E-state index in [0.29, 0.717) is 0 Å². The van der Waals surface area contributed by atoms with Crippen LogP contribution in [0.2, 0.25) is 0 Å². The Kier molecular flexibility index (Phi) is 11.5. The van der Waals surface area contributed by atoms with Gasteiger partial charge in [0, 0.05) is 0 Å². The average molecular weight is 252 g/mol. The molecule has 0 unspecified atom stereocenters. The molecule has 0 aromatic heterocycles. The molecule has 0 saturated heterocycles. The zero-order valence-corrected chi connectivity index (χ0v) is 12.7. The molecule has 4 N–H and O–H groups in total. The van der Waals surface area contributed by atoms with E-state index < -0.39 is 16.8 Å². The van der Waals surface area contributed by atoms with Gasteiger partial charge in [-0.1, -0.05) is 6.92 Å². The van der Waals surface area contributed by atoms with Crippen LogP contribution in [0.3, 0.4) is 0 Å². The van der Waals surface area contributed by atoms with Gasteiger partial charge in [0.25, 0.3) is 0 Å². The molecule has 0 heterocycles. The largest absolute Gasteiger partial charge is 0.393 e. The molecule has 0 aromatic rings. The van der Waals surface area contributed by atoms with Gasteiger partial charge in [0.15, 0.2) is 0 Å². The van der Waals surface area contributed by atoms with E-state index in [1.807, 2.05) is 6.92 Å². The third kappa shape index (κ3) is 89.0. The maximum Gasteiger partial charge on any atom is 0.0821 e. The van der Waals surface area contributed by atoms with Crippen molar-refractivity contribution in [2.45, 2.75) is 78.6 Å². The van der Waals surface area contributed by atoms with Crippen molar-refractivity contribution in [3.05, 3.63) is 0 Å². The highest BCUT2D eigenvalue weighted by molar-refractivity contribution is 4.60. The first-order valence-electron chi connectivity index (χ1n) is 5.90. The molecular weight excluding hydrogens is 220 g/mol. The molecule has 4 heteroatoms. The van der Waals surface area contributed by atoms with Gasteiger partial charge in [0.05, 0.1) is 23.4 Å². The molecule has 4 nitrogen and oxygen atoms in total. The second kappa shape index (κ2) is 8.86. The smallest absolute Gasteiger partial charge is 0.0821 e. The van der Waals surface area contributed by atoms with Crippen molar-refractivity contribution in [1.82, 2.24) is 0 Å². The number of rotatable bonds is 2. The monoisotopic (exact) mass is 252 g/mol. The van der Waals surface area contributed by atoms with Crippen LogP contribution in [0, 0.1) is 0 Å². The van der Waals surface area contributed by atoms with Gasteiger partial charge < -0.3 is 20.4 Å². The lowest BCUT2D eigenvalue weighted by atomic mass is 10.1. The molecule has 0 amide bonds. The summed E-state index contributed by atoms with van der Waals surface area (Å²) in [7, 11) is 0. The molecule has 0 aliphatic carbocycles. The van der Waals surface area contributed by atoms with E-state index in [1.165, 1.54) is 0 Å². The first kappa shape index (κ1) is 22.1. The highest BCUT2D eigenvalue weighted by atomic mass is 16.3. The number of aliphatic hydroxyl groups is 4. The Morgan fingerprint density at radius 2 is 0.824 bits per heavy atom. The Bertz CT molecular complexity index is 138. The van der Waals surface area contributed by atoms with Gasteiger partial charge >= 0.3 is 0 Å². The van der Waals surface area contributed by atoms with Crippen LogP contribution in [-0.2, 0) is 0 Å². The van der Waals surface area contributed by atoms with Crippen molar-refractivity contribution >= 4 is 0 Å². The topological polar surface area (TPSA) is 80.9 Å². The predicted molar refractivity (Wildman–Crippen MR) is 71.9 cm³/mol. The second-order valence-corrected chi connectivity index (χ2v) is 6.31. The first-order valence-corrected chi connectivity index (χ1v) is 5.90. The van der Waals surface area contributed by atoms with Crippen molar-refractivity contribution in [2.24, 2.45) is 0 Å². The van der Waals surface area contributed by atoms with E-state index in [0.717, 1.165) is 6.42 Å². The lowest BCUT2D eigenvalue weighted by Gasteiger charge is -2.11. The van der Waals surface area contributed by atoms with Crippen LogP contribution in [0.1, 0.15) is 61.8 Å². The lowest BCUT2D eigenvalue weighted by Crippen LogP contribution is -2.23. The molecule has 17 heavy (non-hydrogen) atoms. The van der Waals surface area contributed by atoms with Gasteiger partial charge in [-0.3, -0.25) is 0 Å². The first-order chi connectivity index (χ1) is 7.12. The number of hydrogen-bond donors (Lipinski definition) is 4. The molecule has 0 saturated carbocycles. The van der Waals surface area contributed by atoms with Crippen LogP contribution in [-0.4, -0.2) is 43.8 Å². The molecule has 0 aromatic carbocycles. The van der Waals surface area contributed by atoms with E-state index in [2.05, 4.69) is 0 Å². The molecule has 108 valence electrons. The van der Waals surface area contributed by atoms with Gasteiger partial charge in [0.2, 0.25) is 0 Å². The van der Waals surface area contributed by atoms with Crippen LogP contribution < -0.4 is 0 Å². The standard InChI is InChI=1S/C5H12O.C4H10O2.C4H10O/c1-4-5(2,3)6;1-4(2,6)3-5;1-4(2,3)5/h6H,4H2,1-3H3;5-6H,3H2,1-2H3;5H,1-3H3. The van der Waals surface area contributed by atoms with E-state index in [1.54, 1.807) is 48.5 Å². The summed E-state index contributed by atoms with van der Waals surface area (Å²) >= 11 is 0. The molecule has 0 spiro atoms. The molecule has 0 aliphatic heterocycles. The fourth-order valence-corrected chi connectivity index (χ4v) is 0. The van der Waals surface area contributed by atoms with Crippen molar-refractivity contribution in [1.29, 1.82) is 0 Å². The minimum atomic E-state index is -0.903. The average Bonchev–Trinajstić information content (AvgIpc) is 2.00. The highest BCUT2D eigenvalue weighted by Gasteiger charge is 2.07. The van der Waals surface area contributed by atoms with Gasteiger partial charge in [0.1, 0.15) is 0 Å². The van der Waals surface area contributed by atoms with Crippen LogP contribution >= 0.6 is 0 Å².